The summed E-state index contributed by atoms with van der Waals surface area (Å²) < 4.78 is 15.2. The molecule has 0 amide bonds. The van der Waals surface area contributed by atoms with Crippen molar-refractivity contribution in [3.05, 3.63) is 29.8 Å². The van der Waals surface area contributed by atoms with E-state index in [-0.39, 0.29) is 6.29 Å². The Kier molecular flexibility index (Phi) is 6.18. The van der Waals surface area contributed by atoms with Gasteiger partial charge in [-0.05, 0) is 17.7 Å². The Balaban J connectivity index is 2.57. The molecule has 0 aliphatic rings. The van der Waals surface area contributed by atoms with Crippen LogP contribution in [-0.4, -0.2) is 40.0 Å². The topological polar surface area (TPSA) is 66.1 Å². The maximum absolute atomic E-state index is 5.85. The van der Waals surface area contributed by atoms with Gasteiger partial charge in [-0.15, -0.1) is 0 Å². The van der Waals surface area contributed by atoms with Crippen molar-refractivity contribution in [3.63, 3.8) is 0 Å². The third kappa shape index (κ3) is 4.73. The molecule has 0 aliphatic heterocycles. The van der Waals surface area contributed by atoms with Crippen molar-refractivity contribution in [2.45, 2.75) is 12.7 Å². The SMILES string of the molecule is COc1cccc(CC(N)=NCC(OC)OC)c1. The average Bonchev–Trinajstić information content (AvgIpc) is 2.40. The highest BCUT2D eigenvalue weighted by Gasteiger charge is 2.04. The van der Waals surface area contributed by atoms with Crippen molar-refractivity contribution < 1.29 is 14.2 Å². The van der Waals surface area contributed by atoms with Gasteiger partial charge in [-0.1, -0.05) is 12.1 Å². The summed E-state index contributed by atoms with van der Waals surface area (Å²) in [5.41, 5.74) is 6.91. The minimum absolute atomic E-state index is 0.353. The number of nitrogens with zero attached hydrogens (tertiary/aromatic N) is 1. The molecule has 0 radical (unpaired) electrons. The van der Waals surface area contributed by atoms with E-state index in [1.807, 2.05) is 24.3 Å². The molecule has 0 saturated heterocycles. The first-order valence-electron chi connectivity index (χ1n) is 5.67. The molecule has 0 unspecified atom stereocenters. The first-order chi connectivity index (χ1) is 8.69. The standard InChI is InChI=1S/C13H20N2O3/c1-16-11-6-4-5-10(7-11)8-12(14)15-9-13(17-2)18-3/h4-7,13H,8-9H2,1-3H3,(H2,14,15). The molecule has 0 atom stereocenters. The van der Waals surface area contributed by atoms with Crippen molar-refractivity contribution in [1.82, 2.24) is 0 Å². The van der Waals surface area contributed by atoms with Gasteiger partial charge in [0.2, 0.25) is 0 Å². The van der Waals surface area contributed by atoms with Crippen LogP contribution in [-0.2, 0) is 15.9 Å². The highest BCUT2D eigenvalue weighted by atomic mass is 16.7. The number of benzene rings is 1. The molecule has 1 aromatic rings. The van der Waals surface area contributed by atoms with E-state index in [1.165, 1.54) is 0 Å². The summed E-state index contributed by atoms with van der Waals surface area (Å²) in [5.74, 6) is 1.36. The second-order valence-electron chi connectivity index (χ2n) is 3.76. The predicted octanol–water partition coefficient (Wildman–Crippen LogP) is 1.21. The summed E-state index contributed by atoms with van der Waals surface area (Å²) in [5, 5.41) is 0. The summed E-state index contributed by atoms with van der Waals surface area (Å²) in [6.45, 7) is 0.392. The van der Waals surface area contributed by atoms with Crippen molar-refractivity contribution in [2.75, 3.05) is 27.9 Å². The lowest BCUT2D eigenvalue weighted by Gasteiger charge is -2.10. The molecule has 100 valence electrons. The van der Waals surface area contributed by atoms with Gasteiger partial charge >= 0.3 is 0 Å². The fraction of sp³-hybridized carbons (Fsp3) is 0.462. The third-order valence-corrected chi connectivity index (χ3v) is 2.49. The van der Waals surface area contributed by atoms with E-state index in [0.717, 1.165) is 11.3 Å². The molecular formula is C13H20N2O3. The van der Waals surface area contributed by atoms with Crippen LogP contribution in [0.25, 0.3) is 0 Å². The van der Waals surface area contributed by atoms with Gasteiger partial charge in [-0.3, -0.25) is 4.99 Å². The minimum atomic E-state index is -0.353. The van der Waals surface area contributed by atoms with E-state index >= 15 is 0 Å². The van der Waals surface area contributed by atoms with Crippen LogP contribution < -0.4 is 10.5 Å². The first kappa shape index (κ1) is 14.5. The lowest BCUT2D eigenvalue weighted by atomic mass is 10.1. The van der Waals surface area contributed by atoms with E-state index in [9.17, 15) is 0 Å². The molecule has 5 heteroatoms. The minimum Gasteiger partial charge on any atom is -0.497 e. The van der Waals surface area contributed by atoms with Crippen molar-refractivity contribution >= 4 is 5.84 Å². The molecule has 0 heterocycles. The van der Waals surface area contributed by atoms with Crippen molar-refractivity contribution in [1.29, 1.82) is 0 Å². The van der Waals surface area contributed by atoms with Crippen molar-refractivity contribution in [2.24, 2.45) is 10.7 Å². The monoisotopic (exact) mass is 252 g/mol. The Labute approximate surface area is 108 Å². The maximum atomic E-state index is 5.85. The summed E-state index contributed by atoms with van der Waals surface area (Å²) in [4.78, 5) is 4.22. The fourth-order valence-electron chi connectivity index (χ4n) is 1.48. The van der Waals surface area contributed by atoms with Crippen LogP contribution in [0.4, 0.5) is 0 Å². The molecule has 0 bridgehead atoms. The molecule has 2 N–H and O–H groups in total. The molecule has 0 aliphatic carbocycles. The largest absolute Gasteiger partial charge is 0.497 e. The molecule has 0 aromatic heterocycles. The van der Waals surface area contributed by atoms with Gasteiger partial charge in [0, 0.05) is 20.6 Å². The summed E-state index contributed by atoms with van der Waals surface area (Å²) >= 11 is 0. The van der Waals surface area contributed by atoms with Crippen LogP contribution in [0.2, 0.25) is 0 Å². The number of hydrogen-bond donors (Lipinski definition) is 1. The van der Waals surface area contributed by atoms with Gasteiger partial charge in [-0.25, -0.2) is 0 Å². The average molecular weight is 252 g/mol. The highest BCUT2D eigenvalue weighted by Crippen LogP contribution is 2.12. The molecule has 18 heavy (non-hydrogen) atoms. The van der Waals surface area contributed by atoms with E-state index in [2.05, 4.69) is 4.99 Å². The lowest BCUT2D eigenvalue weighted by Crippen LogP contribution is -2.21. The Morgan fingerprint density at radius 3 is 2.61 bits per heavy atom. The van der Waals surface area contributed by atoms with Gasteiger partial charge in [0.25, 0.3) is 0 Å². The number of ether oxygens (including phenoxy) is 3. The molecular weight excluding hydrogens is 232 g/mol. The van der Waals surface area contributed by atoms with Crippen LogP contribution in [0.3, 0.4) is 0 Å². The van der Waals surface area contributed by atoms with Gasteiger partial charge < -0.3 is 19.9 Å². The first-order valence-corrected chi connectivity index (χ1v) is 5.67. The van der Waals surface area contributed by atoms with Crippen LogP contribution in [0.1, 0.15) is 5.56 Å². The van der Waals surface area contributed by atoms with Crippen LogP contribution >= 0.6 is 0 Å². The molecule has 0 saturated carbocycles. The van der Waals surface area contributed by atoms with Crippen molar-refractivity contribution in [3.8, 4) is 5.75 Å². The zero-order valence-corrected chi connectivity index (χ0v) is 11.1. The van der Waals surface area contributed by atoms with Crippen LogP contribution in [0.5, 0.6) is 5.75 Å². The van der Waals surface area contributed by atoms with E-state index < -0.39 is 0 Å². The predicted molar refractivity (Wildman–Crippen MR) is 71.0 cm³/mol. The molecule has 5 nitrogen and oxygen atoms in total. The Morgan fingerprint density at radius 1 is 1.28 bits per heavy atom. The zero-order chi connectivity index (χ0) is 13.4. The molecule has 1 rings (SSSR count). The second kappa shape index (κ2) is 7.68. The van der Waals surface area contributed by atoms with Gasteiger partial charge in [0.05, 0.1) is 19.5 Å². The number of nitrogens with two attached hydrogens (primary N) is 1. The van der Waals surface area contributed by atoms with E-state index in [0.29, 0.717) is 18.8 Å². The van der Waals surface area contributed by atoms with Gasteiger partial charge in [0.15, 0.2) is 6.29 Å². The summed E-state index contributed by atoms with van der Waals surface area (Å²) in [6, 6.07) is 7.73. The van der Waals surface area contributed by atoms with Gasteiger partial charge in [-0.2, -0.15) is 0 Å². The molecule has 0 fully saturated rings. The maximum Gasteiger partial charge on any atom is 0.176 e. The van der Waals surface area contributed by atoms with E-state index in [4.69, 9.17) is 19.9 Å². The number of hydrogen-bond acceptors (Lipinski definition) is 4. The number of methoxy groups -OCH3 is 3. The normalized spacial score (nSPS) is 11.9. The Hall–Kier alpha value is -1.59. The summed E-state index contributed by atoms with van der Waals surface area (Å²) in [7, 11) is 4.78. The van der Waals surface area contributed by atoms with Crippen LogP contribution in [0, 0.1) is 0 Å². The number of aliphatic imine (C=N–C) groups is 1. The molecule has 0 spiro atoms. The number of amidine groups is 1. The highest BCUT2D eigenvalue weighted by molar-refractivity contribution is 5.82. The Bertz CT molecular complexity index is 390. The zero-order valence-electron chi connectivity index (χ0n) is 11.1. The third-order valence-electron chi connectivity index (χ3n) is 2.49. The summed E-state index contributed by atoms with van der Waals surface area (Å²) in [6.07, 6.45) is 0.228. The smallest absolute Gasteiger partial charge is 0.176 e. The second-order valence-corrected chi connectivity index (χ2v) is 3.76. The van der Waals surface area contributed by atoms with Gasteiger partial charge in [0.1, 0.15) is 5.75 Å². The Morgan fingerprint density at radius 2 is 2.00 bits per heavy atom. The number of rotatable bonds is 7. The van der Waals surface area contributed by atoms with E-state index in [1.54, 1.807) is 21.3 Å². The quantitative estimate of drug-likeness (QED) is 0.450. The fourth-order valence-corrected chi connectivity index (χ4v) is 1.48. The van der Waals surface area contributed by atoms with Crippen LogP contribution in [0.15, 0.2) is 29.3 Å². The molecule has 1 aromatic carbocycles. The lowest BCUT2D eigenvalue weighted by molar-refractivity contribution is -0.0937.